The lowest BCUT2D eigenvalue weighted by Gasteiger charge is -2.47. The van der Waals surface area contributed by atoms with Gasteiger partial charge in [0, 0.05) is 0 Å². The molecular weight excluding hydrogens is 265 g/mol. The summed E-state index contributed by atoms with van der Waals surface area (Å²) in [5.41, 5.74) is 1.35. The van der Waals surface area contributed by atoms with Crippen molar-refractivity contribution in [3.8, 4) is 0 Å². The minimum absolute atomic E-state index is 0.397. The molecular formula is C11H21BBrNSi. The molecule has 1 aliphatic rings. The summed E-state index contributed by atoms with van der Waals surface area (Å²) in [6, 6.07) is 0. The molecule has 0 saturated carbocycles. The Labute approximate surface area is 104 Å². The minimum atomic E-state index is -1.40. The summed E-state index contributed by atoms with van der Waals surface area (Å²) in [5.74, 6) is 0. The van der Waals surface area contributed by atoms with Crippen LogP contribution in [-0.4, -0.2) is 20.1 Å². The molecule has 1 rings (SSSR count). The molecule has 0 unspecified atom stereocenters. The molecule has 0 fully saturated rings. The van der Waals surface area contributed by atoms with E-state index in [1.54, 1.807) is 0 Å². The first-order valence-corrected chi connectivity index (χ1v) is 9.20. The summed E-state index contributed by atoms with van der Waals surface area (Å²) in [6.45, 7) is 14.1. The van der Waals surface area contributed by atoms with Gasteiger partial charge in [-0.15, -0.1) is 0 Å². The van der Waals surface area contributed by atoms with E-state index < -0.39 is 8.24 Å². The van der Waals surface area contributed by atoms with E-state index in [1.807, 2.05) is 0 Å². The summed E-state index contributed by atoms with van der Waals surface area (Å²) < 4.78 is 3.86. The number of halogens is 1. The Morgan fingerprint density at radius 3 is 2.27 bits per heavy atom. The quantitative estimate of drug-likeness (QED) is 0.663. The van der Waals surface area contributed by atoms with Crippen molar-refractivity contribution in [3.63, 3.8) is 0 Å². The maximum Gasteiger partial charge on any atom is 0.268 e. The zero-order chi connectivity index (χ0) is 11.9. The fourth-order valence-corrected chi connectivity index (χ4v) is 4.39. The predicted molar refractivity (Wildman–Crippen MR) is 77.0 cm³/mol. The average Bonchev–Trinajstić information content (AvgIpc) is 1.99. The fraction of sp³-hybridized carbons (Fsp3) is 0.636. The van der Waals surface area contributed by atoms with Crippen molar-refractivity contribution in [3.05, 3.63) is 22.2 Å². The van der Waals surface area contributed by atoms with Crippen molar-refractivity contribution in [1.82, 2.24) is 4.48 Å². The van der Waals surface area contributed by atoms with E-state index in [0.717, 1.165) is 7.41 Å². The highest BCUT2D eigenvalue weighted by atomic mass is 79.9. The first-order valence-electron chi connectivity index (χ1n) is 5.46. The molecule has 0 bridgehead atoms. The second-order valence-corrected chi connectivity index (χ2v) is 12.1. The summed E-state index contributed by atoms with van der Waals surface area (Å²) in [5, 5.41) is 0.397. The maximum atomic E-state index is 3.63. The zero-order valence-corrected chi connectivity index (χ0v) is 13.3. The molecule has 0 N–H and O–H groups in total. The van der Waals surface area contributed by atoms with Crippen LogP contribution in [0.5, 0.6) is 0 Å². The lowest BCUT2D eigenvalue weighted by Crippen LogP contribution is -2.54. The molecule has 0 spiro atoms. The summed E-state index contributed by atoms with van der Waals surface area (Å²) in [7, 11) is -0.366. The minimum Gasteiger partial charge on any atom is -0.447 e. The number of nitrogens with zero attached hydrogens (tertiary/aromatic N) is 1. The van der Waals surface area contributed by atoms with Gasteiger partial charge in [0.2, 0.25) is 0 Å². The molecule has 1 nitrogen and oxygen atoms in total. The Balaban J connectivity index is 2.97. The van der Waals surface area contributed by atoms with Gasteiger partial charge in [0.1, 0.15) is 8.24 Å². The lowest BCUT2D eigenvalue weighted by molar-refractivity contribution is 0.655. The van der Waals surface area contributed by atoms with Crippen LogP contribution in [0.4, 0.5) is 0 Å². The van der Waals surface area contributed by atoms with Crippen molar-refractivity contribution < 1.29 is 0 Å². The molecule has 15 heavy (non-hydrogen) atoms. The number of allylic oxidation sites excluding steroid dienone is 2. The van der Waals surface area contributed by atoms with Gasteiger partial charge < -0.3 is 4.48 Å². The van der Waals surface area contributed by atoms with Gasteiger partial charge in [0.05, 0.1) is 0 Å². The molecule has 84 valence electrons. The molecule has 0 aromatic rings. The third-order valence-electron chi connectivity index (χ3n) is 3.62. The van der Waals surface area contributed by atoms with Crippen LogP contribution in [-0.2, 0) is 0 Å². The van der Waals surface area contributed by atoms with Gasteiger partial charge in [-0.2, -0.15) is 0 Å². The molecule has 0 aromatic carbocycles. The Kier molecular flexibility index (Phi) is 3.61. The van der Waals surface area contributed by atoms with Gasteiger partial charge in [0.25, 0.3) is 7.41 Å². The monoisotopic (exact) mass is 285 g/mol. The van der Waals surface area contributed by atoms with Gasteiger partial charge in [0.15, 0.2) is 0 Å². The van der Waals surface area contributed by atoms with Crippen LogP contribution in [0, 0.1) is 0 Å². The lowest BCUT2D eigenvalue weighted by atomic mass is 9.90. The molecule has 4 heteroatoms. The second kappa shape index (κ2) is 4.13. The van der Waals surface area contributed by atoms with Crippen molar-refractivity contribution in [1.29, 1.82) is 0 Å². The molecule has 0 atom stereocenters. The highest BCUT2D eigenvalue weighted by molar-refractivity contribution is 9.12. The molecule has 0 saturated heterocycles. The Bertz CT molecular complexity index is 315. The molecule has 1 aliphatic heterocycles. The summed E-state index contributed by atoms with van der Waals surface area (Å²) >= 11 is 3.63. The first kappa shape index (κ1) is 13.1. The van der Waals surface area contributed by atoms with Crippen molar-refractivity contribution in [2.75, 3.05) is 0 Å². The van der Waals surface area contributed by atoms with Gasteiger partial charge in [-0.05, 0) is 28.1 Å². The van der Waals surface area contributed by atoms with Gasteiger partial charge in [-0.1, -0.05) is 55.9 Å². The third-order valence-corrected chi connectivity index (χ3v) is 9.49. The molecule has 0 amide bonds. The molecule has 0 aromatic heterocycles. The van der Waals surface area contributed by atoms with Crippen molar-refractivity contribution in [2.24, 2.45) is 0 Å². The van der Waals surface area contributed by atoms with Crippen LogP contribution in [0.3, 0.4) is 0 Å². The van der Waals surface area contributed by atoms with Crippen LogP contribution >= 0.6 is 15.9 Å². The summed E-state index contributed by atoms with van der Waals surface area (Å²) in [6.07, 6.45) is 4.53. The third kappa shape index (κ3) is 2.78. The van der Waals surface area contributed by atoms with E-state index in [2.05, 4.69) is 73.5 Å². The van der Waals surface area contributed by atoms with E-state index >= 15 is 0 Å². The van der Waals surface area contributed by atoms with Crippen molar-refractivity contribution >= 4 is 31.6 Å². The zero-order valence-electron chi connectivity index (χ0n) is 10.7. The Morgan fingerprint density at radius 1 is 1.33 bits per heavy atom. The maximum absolute atomic E-state index is 3.63. The SMILES string of the molecule is CC1=CN([Si](C)(C)C(C)(C)C)BC(Br)=C1. The second-order valence-electron chi connectivity index (χ2n) is 5.90. The topological polar surface area (TPSA) is 3.24 Å². The Hall–Kier alpha value is 0.0418. The van der Waals surface area contributed by atoms with Gasteiger partial charge in [-0.25, -0.2) is 0 Å². The average molecular weight is 286 g/mol. The van der Waals surface area contributed by atoms with E-state index in [9.17, 15) is 0 Å². The number of hydrogen-bond acceptors (Lipinski definition) is 1. The van der Waals surface area contributed by atoms with Crippen LogP contribution < -0.4 is 0 Å². The van der Waals surface area contributed by atoms with Crippen LogP contribution in [0.15, 0.2) is 22.2 Å². The standard InChI is InChI=1S/C11H21BBrNSi/c1-9-7-10(13)12-14(8-9)15(5,6)11(2,3)4/h7-8,12H,1-6H3. The largest absolute Gasteiger partial charge is 0.447 e. The van der Waals surface area contributed by atoms with Crippen LogP contribution in [0.1, 0.15) is 27.7 Å². The predicted octanol–water partition coefficient (Wildman–Crippen LogP) is 3.80. The van der Waals surface area contributed by atoms with E-state index in [-0.39, 0.29) is 0 Å². The van der Waals surface area contributed by atoms with E-state index in [1.165, 1.54) is 9.95 Å². The van der Waals surface area contributed by atoms with E-state index in [4.69, 9.17) is 0 Å². The molecule has 1 heterocycles. The van der Waals surface area contributed by atoms with Crippen LogP contribution in [0.2, 0.25) is 18.1 Å². The van der Waals surface area contributed by atoms with Crippen molar-refractivity contribution in [2.45, 2.75) is 45.8 Å². The van der Waals surface area contributed by atoms with E-state index in [0.29, 0.717) is 5.04 Å². The van der Waals surface area contributed by atoms with Gasteiger partial charge >= 0.3 is 0 Å². The summed E-state index contributed by atoms with van der Waals surface area (Å²) in [4.78, 5) is 0. The molecule has 0 radical (unpaired) electrons. The Morgan fingerprint density at radius 2 is 1.87 bits per heavy atom. The number of hydrogen-bond donors (Lipinski definition) is 0. The van der Waals surface area contributed by atoms with Crippen LogP contribution in [0.25, 0.3) is 0 Å². The molecule has 0 aliphatic carbocycles. The first-order chi connectivity index (χ1) is 6.64. The normalized spacial score (nSPS) is 18.2. The highest BCUT2D eigenvalue weighted by Crippen LogP contribution is 2.39. The highest BCUT2D eigenvalue weighted by Gasteiger charge is 2.40. The number of rotatable bonds is 1. The van der Waals surface area contributed by atoms with Gasteiger partial charge in [-0.3, -0.25) is 0 Å². The smallest absolute Gasteiger partial charge is 0.268 e. The fourth-order valence-electron chi connectivity index (χ4n) is 1.57.